The van der Waals surface area contributed by atoms with E-state index in [2.05, 4.69) is 33.4 Å². The highest BCUT2D eigenvalue weighted by atomic mass is 32.1. The van der Waals surface area contributed by atoms with E-state index in [1.54, 1.807) is 5.57 Å². The Kier molecular flexibility index (Phi) is 3.06. The predicted molar refractivity (Wildman–Crippen MR) is 53.9 cm³/mol. The second kappa shape index (κ2) is 3.66. The standard InChI is InChI=1S/C10H18S/c1-7(2)9-5-4-8(3)6-10(9)11/h7-8,11H,4-6H2,1-3H3. The quantitative estimate of drug-likeness (QED) is 0.571. The van der Waals surface area contributed by atoms with E-state index in [-0.39, 0.29) is 0 Å². The van der Waals surface area contributed by atoms with Crippen LogP contribution in [0, 0.1) is 11.8 Å². The van der Waals surface area contributed by atoms with Gasteiger partial charge in [-0.1, -0.05) is 26.3 Å². The Bertz CT molecular complexity index is 168. The zero-order chi connectivity index (χ0) is 8.43. The van der Waals surface area contributed by atoms with Crippen LogP contribution in [0.3, 0.4) is 0 Å². The van der Waals surface area contributed by atoms with Crippen molar-refractivity contribution in [1.29, 1.82) is 0 Å². The summed E-state index contributed by atoms with van der Waals surface area (Å²) < 4.78 is 0. The fourth-order valence-electron chi connectivity index (χ4n) is 1.73. The summed E-state index contributed by atoms with van der Waals surface area (Å²) in [4.78, 5) is 1.36. The highest BCUT2D eigenvalue weighted by molar-refractivity contribution is 7.84. The van der Waals surface area contributed by atoms with Gasteiger partial charge < -0.3 is 0 Å². The lowest BCUT2D eigenvalue weighted by Gasteiger charge is -2.24. The summed E-state index contributed by atoms with van der Waals surface area (Å²) >= 11 is 4.53. The molecular weight excluding hydrogens is 152 g/mol. The van der Waals surface area contributed by atoms with Gasteiger partial charge in [0.05, 0.1) is 0 Å². The van der Waals surface area contributed by atoms with Gasteiger partial charge in [-0.05, 0) is 36.0 Å². The van der Waals surface area contributed by atoms with Gasteiger partial charge in [-0.3, -0.25) is 0 Å². The maximum Gasteiger partial charge on any atom is -0.0187 e. The van der Waals surface area contributed by atoms with Gasteiger partial charge in [0.1, 0.15) is 0 Å². The molecule has 1 aliphatic carbocycles. The molecule has 0 bridgehead atoms. The highest BCUT2D eigenvalue weighted by Crippen LogP contribution is 2.34. The van der Waals surface area contributed by atoms with Crippen molar-refractivity contribution in [2.24, 2.45) is 11.8 Å². The smallest absolute Gasteiger partial charge is 0.0187 e. The largest absolute Gasteiger partial charge is 0.148 e. The third kappa shape index (κ3) is 2.26. The van der Waals surface area contributed by atoms with Crippen LogP contribution in [-0.2, 0) is 0 Å². The van der Waals surface area contributed by atoms with Crippen LogP contribution in [0.1, 0.15) is 40.0 Å². The van der Waals surface area contributed by atoms with Crippen molar-refractivity contribution in [2.45, 2.75) is 40.0 Å². The third-order valence-corrected chi connectivity index (χ3v) is 2.99. The van der Waals surface area contributed by atoms with Crippen molar-refractivity contribution in [3.05, 3.63) is 10.5 Å². The Morgan fingerprint density at radius 1 is 1.45 bits per heavy atom. The van der Waals surface area contributed by atoms with E-state index in [4.69, 9.17) is 0 Å². The molecule has 0 fully saturated rings. The summed E-state index contributed by atoms with van der Waals surface area (Å²) in [5, 5.41) is 0. The van der Waals surface area contributed by atoms with Crippen LogP contribution in [0.25, 0.3) is 0 Å². The normalized spacial score (nSPS) is 26.5. The summed E-state index contributed by atoms with van der Waals surface area (Å²) in [6.07, 6.45) is 3.84. The van der Waals surface area contributed by atoms with Crippen LogP contribution in [-0.4, -0.2) is 0 Å². The van der Waals surface area contributed by atoms with Crippen molar-refractivity contribution in [2.75, 3.05) is 0 Å². The minimum absolute atomic E-state index is 0.704. The molecule has 1 atom stereocenters. The molecule has 0 saturated heterocycles. The van der Waals surface area contributed by atoms with E-state index in [1.165, 1.54) is 24.2 Å². The lowest BCUT2D eigenvalue weighted by molar-refractivity contribution is 0.486. The Morgan fingerprint density at radius 2 is 2.09 bits per heavy atom. The second-order valence-corrected chi connectivity index (χ2v) is 4.51. The molecule has 0 radical (unpaired) electrons. The van der Waals surface area contributed by atoms with E-state index < -0.39 is 0 Å². The molecule has 1 rings (SSSR count). The van der Waals surface area contributed by atoms with Gasteiger partial charge in [-0.2, -0.15) is 0 Å². The number of hydrogen-bond donors (Lipinski definition) is 1. The molecule has 0 saturated carbocycles. The first-order valence-electron chi connectivity index (χ1n) is 4.52. The molecule has 1 unspecified atom stereocenters. The van der Waals surface area contributed by atoms with Crippen LogP contribution in [0.4, 0.5) is 0 Å². The van der Waals surface area contributed by atoms with Gasteiger partial charge in [0, 0.05) is 0 Å². The summed E-state index contributed by atoms with van der Waals surface area (Å²) in [5.41, 5.74) is 1.59. The summed E-state index contributed by atoms with van der Waals surface area (Å²) in [7, 11) is 0. The Balaban J connectivity index is 2.70. The van der Waals surface area contributed by atoms with Crippen molar-refractivity contribution in [3.8, 4) is 0 Å². The fraction of sp³-hybridized carbons (Fsp3) is 0.800. The topological polar surface area (TPSA) is 0 Å². The molecule has 0 nitrogen and oxygen atoms in total. The van der Waals surface area contributed by atoms with Gasteiger partial charge in [-0.25, -0.2) is 0 Å². The van der Waals surface area contributed by atoms with E-state index in [0.717, 1.165) is 5.92 Å². The minimum Gasteiger partial charge on any atom is -0.148 e. The molecule has 1 heteroatoms. The van der Waals surface area contributed by atoms with Gasteiger partial charge in [-0.15, -0.1) is 12.6 Å². The molecule has 11 heavy (non-hydrogen) atoms. The maximum atomic E-state index is 4.53. The lowest BCUT2D eigenvalue weighted by atomic mass is 9.86. The molecule has 0 N–H and O–H groups in total. The average molecular weight is 170 g/mol. The van der Waals surface area contributed by atoms with Crippen LogP contribution >= 0.6 is 12.6 Å². The molecule has 0 aliphatic heterocycles. The molecule has 0 aromatic rings. The molecule has 0 aromatic heterocycles. The summed E-state index contributed by atoms with van der Waals surface area (Å²) in [6.45, 7) is 6.84. The van der Waals surface area contributed by atoms with Gasteiger partial charge in [0.15, 0.2) is 0 Å². The highest BCUT2D eigenvalue weighted by Gasteiger charge is 2.17. The zero-order valence-corrected chi connectivity index (χ0v) is 8.62. The Morgan fingerprint density at radius 3 is 2.55 bits per heavy atom. The van der Waals surface area contributed by atoms with Crippen LogP contribution in [0.2, 0.25) is 0 Å². The Labute approximate surface area is 75.5 Å². The molecule has 0 amide bonds. The zero-order valence-electron chi connectivity index (χ0n) is 7.72. The predicted octanol–water partition coefficient (Wildman–Crippen LogP) is 3.65. The first kappa shape index (κ1) is 9.18. The van der Waals surface area contributed by atoms with Crippen molar-refractivity contribution < 1.29 is 0 Å². The summed E-state index contributed by atoms with van der Waals surface area (Å²) in [6, 6.07) is 0. The van der Waals surface area contributed by atoms with Crippen molar-refractivity contribution in [1.82, 2.24) is 0 Å². The molecular formula is C10H18S. The lowest BCUT2D eigenvalue weighted by Crippen LogP contribution is -2.08. The third-order valence-electron chi connectivity index (χ3n) is 2.52. The first-order chi connectivity index (χ1) is 5.11. The van der Waals surface area contributed by atoms with Crippen molar-refractivity contribution >= 4 is 12.6 Å². The summed E-state index contributed by atoms with van der Waals surface area (Å²) in [5.74, 6) is 1.56. The van der Waals surface area contributed by atoms with Crippen LogP contribution in [0.5, 0.6) is 0 Å². The van der Waals surface area contributed by atoms with Crippen LogP contribution < -0.4 is 0 Å². The number of thiol groups is 1. The monoisotopic (exact) mass is 170 g/mol. The van der Waals surface area contributed by atoms with Crippen LogP contribution in [0.15, 0.2) is 10.5 Å². The molecule has 0 heterocycles. The van der Waals surface area contributed by atoms with E-state index in [9.17, 15) is 0 Å². The SMILES string of the molecule is CC1CCC(C(C)C)=C(S)C1. The minimum atomic E-state index is 0.704. The molecule has 64 valence electrons. The van der Waals surface area contributed by atoms with E-state index in [1.807, 2.05) is 0 Å². The fourth-order valence-corrected chi connectivity index (χ4v) is 2.41. The van der Waals surface area contributed by atoms with Gasteiger partial charge in [0.25, 0.3) is 0 Å². The number of hydrogen-bond acceptors (Lipinski definition) is 1. The maximum absolute atomic E-state index is 4.53. The molecule has 1 aliphatic rings. The van der Waals surface area contributed by atoms with Gasteiger partial charge >= 0.3 is 0 Å². The Hall–Kier alpha value is 0.0900. The first-order valence-corrected chi connectivity index (χ1v) is 4.97. The van der Waals surface area contributed by atoms with E-state index >= 15 is 0 Å². The molecule has 0 spiro atoms. The van der Waals surface area contributed by atoms with Crippen molar-refractivity contribution in [3.63, 3.8) is 0 Å². The second-order valence-electron chi connectivity index (χ2n) is 3.97. The van der Waals surface area contributed by atoms with Gasteiger partial charge in [0.2, 0.25) is 0 Å². The number of rotatable bonds is 1. The molecule has 0 aromatic carbocycles. The van der Waals surface area contributed by atoms with E-state index in [0.29, 0.717) is 5.92 Å². The average Bonchev–Trinajstić information content (AvgIpc) is 1.85. The number of allylic oxidation sites excluding steroid dienone is 2.